The molecule has 8 heteroatoms. The molecule has 0 spiro atoms. The summed E-state index contributed by atoms with van der Waals surface area (Å²) in [4.78, 5) is 25.2. The summed E-state index contributed by atoms with van der Waals surface area (Å²) >= 11 is 7.52. The second-order valence-corrected chi connectivity index (χ2v) is 5.97. The SMILES string of the molecule is COC(=O)c1cc(NC(=O)N2CCSCC2)cc(Cl)c1F. The topological polar surface area (TPSA) is 58.6 Å². The molecule has 21 heavy (non-hydrogen) atoms. The van der Waals surface area contributed by atoms with Gasteiger partial charge in [0.25, 0.3) is 0 Å². The zero-order valence-corrected chi connectivity index (χ0v) is 12.9. The van der Waals surface area contributed by atoms with E-state index in [0.29, 0.717) is 13.1 Å². The quantitative estimate of drug-likeness (QED) is 0.846. The largest absolute Gasteiger partial charge is 0.465 e. The lowest BCUT2D eigenvalue weighted by atomic mass is 10.2. The van der Waals surface area contributed by atoms with Gasteiger partial charge in [0.1, 0.15) is 0 Å². The summed E-state index contributed by atoms with van der Waals surface area (Å²) in [6.07, 6.45) is 0. The molecule has 5 nitrogen and oxygen atoms in total. The normalized spacial score (nSPS) is 14.7. The first-order valence-corrected chi connectivity index (χ1v) is 7.77. The Labute approximate surface area is 130 Å². The van der Waals surface area contributed by atoms with Crippen LogP contribution in [0.1, 0.15) is 10.4 Å². The molecule has 0 saturated carbocycles. The molecule has 1 saturated heterocycles. The molecular weight excluding hydrogens is 319 g/mol. The second-order valence-electron chi connectivity index (χ2n) is 4.34. The standard InChI is InChI=1S/C13H14ClFN2O3S/c1-20-12(18)9-6-8(7-10(14)11(9)15)16-13(19)17-2-4-21-5-3-17/h6-7H,2-5H2,1H3,(H,16,19). The van der Waals surface area contributed by atoms with E-state index in [2.05, 4.69) is 10.1 Å². The van der Waals surface area contributed by atoms with Gasteiger partial charge in [0.15, 0.2) is 5.82 Å². The van der Waals surface area contributed by atoms with E-state index in [1.54, 1.807) is 16.7 Å². The summed E-state index contributed by atoms with van der Waals surface area (Å²) in [6.45, 7) is 1.30. The van der Waals surface area contributed by atoms with E-state index >= 15 is 0 Å². The van der Waals surface area contributed by atoms with Crippen LogP contribution in [-0.4, -0.2) is 48.6 Å². The first kappa shape index (κ1) is 15.9. The lowest BCUT2D eigenvalue weighted by molar-refractivity contribution is 0.0595. The Morgan fingerprint density at radius 2 is 2.05 bits per heavy atom. The fourth-order valence-electron chi connectivity index (χ4n) is 1.89. The number of carbonyl (C=O) groups excluding carboxylic acids is 2. The van der Waals surface area contributed by atoms with E-state index in [4.69, 9.17) is 11.6 Å². The number of rotatable bonds is 2. The van der Waals surface area contributed by atoms with Gasteiger partial charge in [0, 0.05) is 30.3 Å². The van der Waals surface area contributed by atoms with Crippen LogP contribution in [0.2, 0.25) is 5.02 Å². The summed E-state index contributed by atoms with van der Waals surface area (Å²) < 4.78 is 18.2. The van der Waals surface area contributed by atoms with E-state index in [9.17, 15) is 14.0 Å². The van der Waals surface area contributed by atoms with Crippen LogP contribution in [0.5, 0.6) is 0 Å². The van der Waals surface area contributed by atoms with Crippen LogP contribution in [0, 0.1) is 5.82 Å². The van der Waals surface area contributed by atoms with Gasteiger partial charge in [0.05, 0.1) is 17.7 Å². The van der Waals surface area contributed by atoms with Crippen molar-refractivity contribution < 1.29 is 18.7 Å². The van der Waals surface area contributed by atoms with E-state index in [1.165, 1.54) is 12.1 Å². The van der Waals surface area contributed by atoms with Crippen LogP contribution in [0.4, 0.5) is 14.9 Å². The molecule has 0 radical (unpaired) electrons. The summed E-state index contributed by atoms with van der Waals surface area (Å²) in [7, 11) is 1.15. The summed E-state index contributed by atoms with van der Waals surface area (Å²) in [5.74, 6) is 0.0477. The van der Waals surface area contributed by atoms with E-state index in [0.717, 1.165) is 18.6 Å². The van der Waals surface area contributed by atoms with E-state index in [1.807, 2.05) is 0 Å². The predicted molar refractivity (Wildman–Crippen MR) is 80.7 cm³/mol. The highest BCUT2D eigenvalue weighted by molar-refractivity contribution is 7.99. The van der Waals surface area contributed by atoms with Gasteiger partial charge in [0.2, 0.25) is 0 Å². The molecule has 1 aliphatic rings. The Morgan fingerprint density at radius 3 is 2.67 bits per heavy atom. The lowest BCUT2D eigenvalue weighted by Gasteiger charge is -2.26. The van der Waals surface area contributed by atoms with Crippen LogP contribution < -0.4 is 5.32 Å². The molecule has 0 aliphatic carbocycles. The second kappa shape index (κ2) is 7.00. The Hall–Kier alpha value is -1.47. The molecule has 1 aromatic carbocycles. The van der Waals surface area contributed by atoms with Crippen LogP contribution in [0.25, 0.3) is 0 Å². The number of halogens is 2. The van der Waals surface area contributed by atoms with Crippen molar-refractivity contribution in [3.05, 3.63) is 28.5 Å². The van der Waals surface area contributed by atoms with Crippen molar-refractivity contribution >= 4 is 41.1 Å². The summed E-state index contributed by atoms with van der Waals surface area (Å²) in [5, 5.41) is 2.37. The van der Waals surface area contributed by atoms with Crippen LogP contribution in [0.15, 0.2) is 12.1 Å². The van der Waals surface area contributed by atoms with Crippen molar-refractivity contribution in [2.75, 3.05) is 37.0 Å². The Balaban J connectivity index is 2.18. The number of methoxy groups -OCH3 is 1. The number of benzene rings is 1. The summed E-state index contributed by atoms with van der Waals surface area (Å²) in [6, 6.07) is 2.18. The molecule has 1 aromatic rings. The number of thioether (sulfide) groups is 1. The fraction of sp³-hybridized carbons (Fsp3) is 0.385. The number of anilines is 1. The average molecular weight is 333 g/mol. The van der Waals surface area contributed by atoms with Gasteiger partial charge in [-0.15, -0.1) is 0 Å². The number of amides is 2. The Morgan fingerprint density at radius 1 is 1.38 bits per heavy atom. The fourth-order valence-corrected chi connectivity index (χ4v) is 3.01. The third kappa shape index (κ3) is 3.79. The molecule has 1 N–H and O–H groups in total. The molecule has 1 heterocycles. The van der Waals surface area contributed by atoms with Gasteiger partial charge < -0.3 is 15.0 Å². The highest BCUT2D eigenvalue weighted by Crippen LogP contribution is 2.25. The minimum Gasteiger partial charge on any atom is -0.465 e. The van der Waals surface area contributed by atoms with Gasteiger partial charge in [-0.05, 0) is 12.1 Å². The maximum atomic E-state index is 13.8. The summed E-state index contributed by atoms with van der Waals surface area (Å²) in [5.41, 5.74) is -0.0560. The number of ether oxygens (including phenoxy) is 1. The zero-order valence-electron chi connectivity index (χ0n) is 11.3. The molecular formula is C13H14ClFN2O3S. The van der Waals surface area contributed by atoms with Gasteiger partial charge in [-0.1, -0.05) is 11.6 Å². The van der Waals surface area contributed by atoms with Gasteiger partial charge in [-0.25, -0.2) is 14.0 Å². The molecule has 0 bridgehead atoms. The van der Waals surface area contributed by atoms with E-state index < -0.39 is 11.8 Å². The van der Waals surface area contributed by atoms with Crippen molar-refractivity contribution in [2.24, 2.45) is 0 Å². The zero-order chi connectivity index (χ0) is 15.4. The van der Waals surface area contributed by atoms with Crippen molar-refractivity contribution in [1.29, 1.82) is 0 Å². The minimum atomic E-state index is -0.865. The monoisotopic (exact) mass is 332 g/mol. The minimum absolute atomic E-state index is 0.248. The molecule has 2 amide bonds. The Bertz CT molecular complexity index is 565. The molecule has 1 fully saturated rings. The van der Waals surface area contributed by atoms with Gasteiger partial charge in [-0.3, -0.25) is 0 Å². The molecule has 0 atom stereocenters. The average Bonchev–Trinajstić information content (AvgIpc) is 2.50. The van der Waals surface area contributed by atoms with Gasteiger partial charge in [-0.2, -0.15) is 11.8 Å². The number of urea groups is 1. The third-order valence-corrected chi connectivity index (χ3v) is 4.20. The molecule has 2 rings (SSSR count). The molecule has 1 aliphatic heterocycles. The predicted octanol–water partition coefficient (Wildman–Crippen LogP) is 2.85. The van der Waals surface area contributed by atoms with Crippen LogP contribution in [-0.2, 0) is 4.74 Å². The van der Waals surface area contributed by atoms with Gasteiger partial charge >= 0.3 is 12.0 Å². The van der Waals surface area contributed by atoms with Crippen molar-refractivity contribution in [3.8, 4) is 0 Å². The number of nitrogens with zero attached hydrogens (tertiary/aromatic N) is 1. The number of hydrogen-bond acceptors (Lipinski definition) is 4. The smallest absolute Gasteiger partial charge is 0.340 e. The van der Waals surface area contributed by atoms with Crippen molar-refractivity contribution in [3.63, 3.8) is 0 Å². The van der Waals surface area contributed by atoms with E-state index in [-0.39, 0.29) is 22.3 Å². The number of carbonyl (C=O) groups is 2. The Kier molecular flexibility index (Phi) is 5.30. The lowest BCUT2D eigenvalue weighted by Crippen LogP contribution is -2.40. The highest BCUT2D eigenvalue weighted by Gasteiger charge is 2.20. The maximum Gasteiger partial charge on any atom is 0.340 e. The van der Waals surface area contributed by atoms with Crippen molar-refractivity contribution in [1.82, 2.24) is 4.90 Å². The number of esters is 1. The van der Waals surface area contributed by atoms with Crippen LogP contribution >= 0.6 is 23.4 Å². The number of nitrogens with one attached hydrogen (secondary N) is 1. The molecule has 114 valence electrons. The first-order valence-electron chi connectivity index (χ1n) is 6.24. The molecule has 0 aromatic heterocycles. The third-order valence-electron chi connectivity index (χ3n) is 2.98. The maximum absolute atomic E-state index is 13.8. The van der Waals surface area contributed by atoms with Crippen LogP contribution in [0.3, 0.4) is 0 Å². The molecule has 0 unspecified atom stereocenters. The van der Waals surface area contributed by atoms with Crippen molar-refractivity contribution in [2.45, 2.75) is 0 Å². The first-order chi connectivity index (χ1) is 10.0. The highest BCUT2D eigenvalue weighted by atomic mass is 35.5. The number of hydrogen-bond donors (Lipinski definition) is 1.